The second-order valence-electron chi connectivity index (χ2n) is 4.52. The molecule has 0 amide bonds. The number of nitrogens with one attached hydrogen (secondary N) is 1. The lowest BCUT2D eigenvalue weighted by atomic mass is 10.1. The van der Waals surface area contributed by atoms with Crippen LogP contribution < -0.4 is 15.8 Å². The van der Waals surface area contributed by atoms with Crippen molar-refractivity contribution in [3.63, 3.8) is 0 Å². The van der Waals surface area contributed by atoms with E-state index in [0.717, 1.165) is 28.3 Å². The average molecular weight is 277 g/mol. The van der Waals surface area contributed by atoms with Crippen LogP contribution >= 0.6 is 11.6 Å². The van der Waals surface area contributed by atoms with Gasteiger partial charge in [-0.2, -0.15) is 0 Å². The van der Waals surface area contributed by atoms with Crippen molar-refractivity contribution in [2.75, 3.05) is 18.2 Å². The fraction of sp³-hybridized carbons (Fsp3) is 0.200. The monoisotopic (exact) mass is 276 g/mol. The number of benzene rings is 2. The zero-order chi connectivity index (χ0) is 14.0. The van der Waals surface area contributed by atoms with E-state index in [4.69, 9.17) is 22.1 Å². The Morgan fingerprint density at radius 2 is 1.84 bits per heavy atom. The van der Waals surface area contributed by atoms with Crippen LogP contribution in [0.25, 0.3) is 0 Å². The van der Waals surface area contributed by atoms with Crippen molar-refractivity contribution >= 4 is 28.7 Å². The summed E-state index contributed by atoms with van der Waals surface area (Å²) in [5, 5.41) is 3.88. The Labute approximate surface area is 118 Å². The summed E-state index contributed by atoms with van der Waals surface area (Å²) in [5.74, 6) is 0.790. The molecule has 2 aromatic carbocycles. The smallest absolute Gasteiger partial charge is 0.142 e. The lowest BCUT2D eigenvalue weighted by Crippen LogP contribution is -1.98. The molecule has 0 spiro atoms. The second kappa shape index (κ2) is 5.41. The van der Waals surface area contributed by atoms with Crippen LogP contribution in [0.4, 0.5) is 17.1 Å². The zero-order valence-electron chi connectivity index (χ0n) is 11.3. The molecule has 0 bridgehead atoms. The van der Waals surface area contributed by atoms with Crippen molar-refractivity contribution in [2.24, 2.45) is 0 Å². The first-order valence-corrected chi connectivity index (χ1v) is 6.36. The van der Waals surface area contributed by atoms with Crippen LogP contribution in [-0.4, -0.2) is 7.11 Å². The molecule has 4 heteroatoms. The van der Waals surface area contributed by atoms with E-state index < -0.39 is 0 Å². The minimum absolute atomic E-state index is 0.541. The van der Waals surface area contributed by atoms with Crippen molar-refractivity contribution in [2.45, 2.75) is 13.8 Å². The minimum atomic E-state index is 0.541. The topological polar surface area (TPSA) is 47.3 Å². The molecule has 0 heterocycles. The molecule has 0 aliphatic heterocycles. The van der Waals surface area contributed by atoms with Gasteiger partial charge in [0.25, 0.3) is 0 Å². The summed E-state index contributed by atoms with van der Waals surface area (Å²) >= 11 is 6.06. The molecule has 2 aromatic rings. The van der Waals surface area contributed by atoms with Gasteiger partial charge in [0.15, 0.2) is 0 Å². The normalized spacial score (nSPS) is 10.3. The number of ether oxygens (including phenoxy) is 1. The van der Waals surface area contributed by atoms with E-state index >= 15 is 0 Å². The SMILES string of the molecule is COc1ccc(C)cc1Nc1cc(Cl)c(N)cc1C. The molecule has 0 aliphatic carbocycles. The van der Waals surface area contributed by atoms with Crippen molar-refractivity contribution in [1.29, 1.82) is 0 Å². The van der Waals surface area contributed by atoms with Crippen molar-refractivity contribution < 1.29 is 4.74 Å². The molecule has 19 heavy (non-hydrogen) atoms. The molecule has 3 nitrogen and oxygen atoms in total. The number of halogens is 1. The maximum atomic E-state index is 6.06. The third-order valence-electron chi connectivity index (χ3n) is 2.97. The summed E-state index contributed by atoms with van der Waals surface area (Å²) in [6.45, 7) is 4.02. The highest BCUT2D eigenvalue weighted by molar-refractivity contribution is 6.33. The molecular weight excluding hydrogens is 260 g/mol. The third-order valence-corrected chi connectivity index (χ3v) is 3.30. The van der Waals surface area contributed by atoms with Gasteiger partial charge >= 0.3 is 0 Å². The van der Waals surface area contributed by atoms with Gasteiger partial charge in [-0.1, -0.05) is 17.7 Å². The molecule has 100 valence electrons. The van der Waals surface area contributed by atoms with Crippen LogP contribution in [0.15, 0.2) is 30.3 Å². The molecule has 0 unspecified atom stereocenters. The molecule has 0 atom stereocenters. The summed E-state index contributed by atoms with van der Waals surface area (Å²) in [4.78, 5) is 0. The van der Waals surface area contributed by atoms with Gasteiger partial charge in [0.05, 0.1) is 23.5 Å². The molecule has 0 aromatic heterocycles. The van der Waals surface area contributed by atoms with E-state index in [1.54, 1.807) is 7.11 Å². The van der Waals surface area contributed by atoms with Crippen molar-refractivity contribution in [3.8, 4) is 5.75 Å². The van der Waals surface area contributed by atoms with Crippen molar-refractivity contribution in [1.82, 2.24) is 0 Å². The number of nitrogens with two attached hydrogens (primary N) is 1. The van der Waals surface area contributed by atoms with E-state index in [0.29, 0.717) is 10.7 Å². The average Bonchev–Trinajstić information content (AvgIpc) is 2.36. The van der Waals surface area contributed by atoms with Crippen molar-refractivity contribution in [3.05, 3.63) is 46.5 Å². The van der Waals surface area contributed by atoms with Gasteiger partial charge in [0.1, 0.15) is 5.75 Å². The fourth-order valence-corrected chi connectivity index (χ4v) is 2.07. The number of hydrogen-bond donors (Lipinski definition) is 2. The summed E-state index contributed by atoms with van der Waals surface area (Å²) in [6, 6.07) is 9.65. The summed E-state index contributed by atoms with van der Waals surface area (Å²) in [5.41, 5.74) is 10.4. The van der Waals surface area contributed by atoms with Gasteiger partial charge in [0, 0.05) is 5.69 Å². The largest absolute Gasteiger partial charge is 0.495 e. The van der Waals surface area contributed by atoms with E-state index in [2.05, 4.69) is 5.32 Å². The quantitative estimate of drug-likeness (QED) is 0.822. The molecule has 3 N–H and O–H groups in total. The Hall–Kier alpha value is -1.87. The van der Waals surface area contributed by atoms with Crippen LogP contribution in [0.1, 0.15) is 11.1 Å². The number of aryl methyl sites for hydroxylation is 2. The Balaban J connectivity index is 2.41. The number of rotatable bonds is 3. The van der Waals surface area contributed by atoms with Crippen LogP contribution in [0, 0.1) is 13.8 Å². The zero-order valence-corrected chi connectivity index (χ0v) is 12.0. The molecule has 0 saturated carbocycles. The lowest BCUT2D eigenvalue weighted by Gasteiger charge is -2.15. The predicted octanol–water partition coefficient (Wildman–Crippen LogP) is 4.29. The highest BCUT2D eigenvalue weighted by Gasteiger charge is 2.07. The van der Waals surface area contributed by atoms with E-state index in [9.17, 15) is 0 Å². The Bertz CT molecular complexity index is 611. The van der Waals surface area contributed by atoms with Gasteiger partial charge in [-0.3, -0.25) is 0 Å². The first-order valence-electron chi connectivity index (χ1n) is 5.98. The van der Waals surface area contributed by atoms with Crippen LogP contribution in [0.2, 0.25) is 5.02 Å². The fourth-order valence-electron chi connectivity index (χ4n) is 1.90. The highest BCUT2D eigenvalue weighted by Crippen LogP contribution is 2.33. The third kappa shape index (κ3) is 2.93. The highest BCUT2D eigenvalue weighted by atomic mass is 35.5. The Kier molecular flexibility index (Phi) is 3.86. The molecule has 2 rings (SSSR count). The van der Waals surface area contributed by atoms with Gasteiger partial charge in [-0.15, -0.1) is 0 Å². The number of nitrogen functional groups attached to an aromatic ring is 1. The predicted molar refractivity (Wildman–Crippen MR) is 81.6 cm³/mol. The number of anilines is 3. The van der Waals surface area contributed by atoms with Crippen LogP contribution in [-0.2, 0) is 0 Å². The Morgan fingerprint density at radius 3 is 2.53 bits per heavy atom. The molecule has 0 radical (unpaired) electrons. The van der Waals surface area contributed by atoms with Gasteiger partial charge in [-0.05, 0) is 49.2 Å². The molecule has 0 fully saturated rings. The molecular formula is C15H17ClN2O. The lowest BCUT2D eigenvalue weighted by molar-refractivity contribution is 0.416. The first kappa shape index (κ1) is 13.6. The summed E-state index contributed by atoms with van der Waals surface area (Å²) in [7, 11) is 1.65. The number of hydrogen-bond acceptors (Lipinski definition) is 3. The summed E-state index contributed by atoms with van der Waals surface area (Å²) in [6.07, 6.45) is 0. The van der Waals surface area contributed by atoms with Crippen LogP contribution in [0.5, 0.6) is 5.75 Å². The van der Waals surface area contributed by atoms with Gasteiger partial charge < -0.3 is 15.8 Å². The van der Waals surface area contributed by atoms with E-state index in [-0.39, 0.29) is 0 Å². The molecule has 0 aliphatic rings. The first-order chi connectivity index (χ1) is 9.01. The maximum absolute atomic E-state index is 6.06. The molecule has 0 saturated heterocycles. The van der Waals surface area contributed by atoms with Gasteiger partial charge in [-0.25, -0.2) is 0 Å². The Morgan fingerprint density at radius 1 is 1.11 bits per heavy atom. The maximum Gasteiger partial charge on any atom is 0.142 e. The van der Waals surface area contributed by atoms with E-state index in [1.807, 2.05) is 44.2 Å². The van der Waals surface area contributed by atoms with Crippen LogP contribution in [0.3, 0.4) is 0 Å². The standard InChI is InChI=1S/C15H17ClN2O/c1-9-4-5-15(19-3)14(6-9)18-13-8-11(16)12(17)7-10(13)2/h4-8,18H,17H2,1-3H3. The van der Waals surface area contributed by atoms with E-state index in [1.165, 1.54) is 0 Å². The summed E-state index contributed by atoms with van der Waals surface area (Å²) < 4.78 is 5.35. The number of methoxy groups -OCH3 is 1. The van der Waals surface area contributed by atoms with Gasteiger partial charge in [0.2, 0.25) is 0 Å². The minimum Gasteiger partial charge on any atom is -0.495 e. The second-order valence-corrected chi connectivity index (χ2v) is 4.92.